The van der Waals surface area contributed by atoms with E-state index in [1.165, 1.54) is 11.1 Å². The number of aryl methyl sites for hydroxylation is 4. The number of ether oxygens (including phenoxy) is 4. The molecule has 0 aliphatic carbocycles. The van der Waals surface area contributed by atoms with Crippen LogP contribution in [0.3, 0.4) is 0 Å². The lowest BCUT2D eigenvalue weighted by molar-refractivity contribution is -0.123. The SMILES string of the molecule is CCCNC(=O)COc1c(CC)cc(CCC)cc1Cc1cc(CC(C)C)cc(Cc2cc(CCC)cc(Cc3cc(CC(C)C)cc(C)c3OCC(=O)NCCN(C)C)c2OCC(=O)NCCC)c1OCC(=O)NCCN(C)C. The molecule has 442 valence electrons. The molecule has 0 saturated heterocycles. The van der Waals surface area contributed by atoms with Gasteiger partial charge in [-0.3, -0.25) is 19.2 Å². The first-order valence-electron chi connectivity index (χ1n) is 29.7. The minimum absolute atomic E-state index is 0.112. The maximum atomic E-state index is 13.7. The van der Waals surface area contributed by atoms with E-state index >= 15 is 0 Å². The van der Waals surface area contributed by atoms with Crippen LogP contribution >= 0.6 is 0 Å². The number of rotatable bonds is 37. The quantitative estimate of drug-likeness (QED) is 0.0343. The molecular formula is C66H100N6O8. The highest BCUT2D eigenvalue weighted by Gasteiger charge is 2.24. The van der Waals surface area contributed by atoms with E-state index in [1.54, 1.807) is 0 Å². The third kappa shape index (κ3) is 22.8. The van der Waals surface area contributed by atoms with Gasteiger partial charge in [-0.15, -0.1) is 0 Å². The van der Waals surface area contributed by atoms with Crippen LogP contribution in [-0.4, -0.2) is 127 Å². The number of nitrogens with zero attached hydrogens (tertiary/aromatic N) is 2. The Morgan fingerprint density at radius 3 is 1.04 bits per heavy atom. The van der Waals surface area contributed by atoms with Gasteiger partial charge in [0.15, 0.2) is 26.4 Å². The molecule has 14 heteroatoms. The van der Waals surface area contributed by atoms with Gasteiger partial charge in [-0.2, -0.15) is 0 Å². The van der Waals surface area contributed by atoms with Gasteiger partial charge in [0.05, 0.1) is 0 Å². The fourth-order valence-electron chi connectivity index (χ4n) is 10.0. The number of nitrogens with one attached hydrogen (secondary N) is 4. The zero-order chi connectivity index (χ0) is 58.7. The van der Waals surface area contributed by atoms with Crippen LogP contribution in [0, 0.1) is 18.8 Å². The molecule has 0 saturated carbocycles. The molecule has 4 amide bonds. The molecule has 0 heterocycles. The summed E-state index contributed by atoms with van der Waals surface area (Å²) in [6, 6.07) is 17.6. The van der Waals surface area contributed by atoms with Crippen LogP contribution in [0.2, 0.25) is 0 Å². The third-order valence-corrected chi connectivity index (χ3v) is 13.5. The first kappa shape index (κ1) is 66.4. The van der Waals surface area contributed by atoms with Crippen LogP contribution in [-0.2, 0) is 70.5 Å². The van der Waals surface area contributed by atoms with Crippen molar-refractivity contribution < 1.29 is 38.1 Å². The van der Waals surface area contributed by atoms with Crippen molar-refractivity contribution in [1.82, 2.24) is 31.1 Å². The molecule has 0 unspecified atom stereocenters. The molecule has 0 spiro atoms. The first-order chi connectivity index (χ1) is 38.3. The fourth-order valence-corrected chi connectivity index (χ4v) is 10.0. The number of hydrogen-bond donors (Lipinski definition) is 4. The van der Waals surface area contributed by atoms with Crippen molar-refractivity contribution in [3.8, 4) is 23.0 Å². The summed E-state index contributed by atoms with van der Waals surface area (Å²) in [6.45, 7) is 24.2. The van der Waals surface area contributed by atoms with Crippen LogP contribution in [0.15, 0.2) is 48.5 Å². The Labute approximate surface area is 481 Å². The summed E-state index contributed by atoms with van der Waals surface area (Å²) >= 11 is 0. The Morgan fingerprint density at radius 1 is 0.412 bits per heavy atom. The number of carbonyl (C=O) groups excluding carboxylic acids is 4. The number of amides is 4. The molecule has 4 rings (SSSR count). The average Bonchev–Trinajstić information content (AvgIpc) is 3.43. The first-order valence-corrected chi connectivity index (χ1v) is 29.7. The van der Waals surface area contributed by atoms with E-state index in [4.69, 9.17) is 18.9 Å². The van der Waals surface area contributed by atoms with Gasteiger partial charge in [0.2, 0.25) is 0 Å². The molecule has 0 atom stereocenters. The zero-order valence-electron chi connectivity index (χ0n) is 51.5. The predicted octanol–water partition coefficient (Wildman–Crippen LogP) is 9.56. The highest BCUT2D eigenvalue weighted by molar-refractivity contribution is 5.79. The summed E-state index contributed by atoms with van der Waals surface area (Å²) < 4.78 is 26.7. The van der Waals surface area contributed by atoms with E-state index in [-0.39, 0.29) is 50.1 Å². The van der Waals surface area contributed by atoms with Crippen molar-refractivity contribution in [3.63, 3.8) is 0 Å². The van der Waals surface area contributed by atoms with Gasteiger partial charge in [0, 0.05) is 58.5 Å². The number of benzene rings is 4. The standard InChI is InChI=1S/C66H100N6O8/c1-15-20-48-31-52(19-5)64(78-42-59(73)67-22-17-3)54(32-48)39-57-36-51(29-46(8)9)37-58(66(57)80-44-62(76)70-25-27-72(13)14)40-56-34-49(21-16-2)33-55(65(56)79-43-60(74)68-23-18-4)38-53-35-50(28-45(6)7)30-47(10)63(53)77-41-61(75)69-24-26-71(11)12/h30-37,45-46H,15-29,38-44H2,1-14H3,(H,67,73)(H,68,74)(H,69,75)(H,70,76). The summed E-state index contributed by atoms with van der Waals surface area (Å²) in [4.78, 5) is 57.6. The fraction of sp³-hybridized carbons (Fsp3) is 0.576. The Bertz CT molecular complexity index is 2610. The second-order valence-corrected chi connectivity index (χ2v) is 22.9. The smallest absolute Gasteiger partial charge is 0.257 e. The highest BCUT2D eigenvalue weighted by atomic mass is 16.5. The largest absolute Gasteiger partial charge is 0.483 e. The molecular weight excluding hydrogens is 1000 g/mol. The lowest BCUT2D eigenvalue weighted by Gasteiger charge is -2.23. The molecule has 0 aliphatic heterocycles. The number of likely N-dealkylation sites (N-methyl/N-ethyl adjacent to an activating group) is 2. The average molecular weight is 1110 g/mol. The predicted molar refractivity (Wildman–Crippen MR) is 325 cm³/mol. The number of carbonyl (C=O) groups is 4. The van der Waals surface area contributed by atoms with E-state index in [1.807, 2.05) is 58.8 Å². The molecule has 0 fully saturated rings. The van der Waals surface area contributed by atoms with Crippen molar-refractivity contribution in [2.45, 2.75) is 146 Å². The topological polar surface area (TPSA) is 160 Å². The van der Waals surface area contributed by atoms with Crippen LogP contribution in [0.5, 0.6) is 23.0 Å². The molecule has 14 nitrogen and oxygen atoms in total. The van der Waals surface area contributed by atoms with E-state index in [2.05, 4.69) is 118 Å². The molecule has 0 radical (unpaired) electrons. The Morgan fingerprint density at radius 2 is 0.713 bits per heavy atom. The van der Waals surface area contributed by atoms with Gasteiger partial charge in [0.1, 0.15) is 23.0 Å². The van der Waals surface area contributed by atoms with Crippen molar-refractivity contribution in [2.75, 3.05) is 93.9 Å². The highest BCUT2D eigenvalue weighted by Crippen LogP contribution is 2.40. The summed E-state index contributed by atoms with van der Waals surface area (Å²) in [5.41, 5.74) is 12.0. The Balaban J connectivity index is 2.05. The van der Waals surface area contributed by atoms with Gasteiger partial charge < -0.3 is 50.0 Å². The molecule has 0 aliphatic rings. The third-order valence-electron chi connectivity index (χ3n) is 13.5. The van der Waals surface area contributed by atoms with Gasteiger partial charge in [-0.25, -0.2) is 0 Å². The van der Waals surface area contributed by atoms with Crippen LogP contribution in [0.25, 0.3) is 0 Å². The van der Waals surface area contributed by atoms with Gasteiger partial charge >= 0.3 is 0 Å². The van der Waals surface area contributed by atoms with Crippen LogP contribution in [0.4, 0.5) is 0 Å². The summed E-state index contributed by atoms with van der Waals surface area (Å²) in [7, 11) is 7.88. The van der Waals surface area contributed by atoms with E-state index in [0.717, 1.165) is 107 Å². The molecule has 4 aromatic carbocycles. The second-order valence-electron chi connectivity index (χ2n) is 22.9. The summed E-state index contributed by atoms with van der Waals surface area (Å²) in [6.07, 6.45) is 8.66. The summed E-state index contributed by atoms with van der Waals surface area (Å²) in [5.74, 6) is 2.43. The number of hydrogen-bond acceptors (Lipinski definition) is 10. The molecule has 4 aromatic rings. The van der Waals surface area contributed by atoms with E-state index in [9.17, 15) is 19.2 Å². The van der Waals surface area contributed by atoms with Crippen molar-refractivity contribution >= 4 is 23.6 Å². The van der Waals surface area contributed by atoms with Crippen molar-refractivity contribution in [1.29, 1.82) is 0 Å². The van der Waals surface area contributed by atoms with Gasteiger partial charge in [0.25, 0.3) is 23.6 Å². The van der Waals surface area contributed by atoms with Gasteiger partial charge in [-0.05, 0) is 159 Å². The Hall–Kier alpha value is -6.12. The second kappa shape index (κ2) is 34.9. The van der Waals surface area contributed by atoms with Crippen LogP contribution in [0.1, 0.15) is 155 Å². The normalized spacial score (nSPS) is 11.4. The van der Waals surface area contributed by atoms with Gasteiger partial charge in [-0.1, -0.05) is 124 Å². The maximum absolute atomic E-state index is 13.7. The maximum Gasteiger partial charge on any atom is 0.257 e. The molecule has 4 N–H and O–H groups in total. The van der Waals surface area contributed by atoms with Crippen LogP contribution < -0.4 is 40.2 Å². The summed E-state index contributed by atoms with van der Waals surface area (Å²) in [5, 5.41) is 12.0. The minimum Gasteiger partial charge on any atom is -0.483 e. The van der Waals surface area contributed by atoms with Crippen molar-refractivity contribution in [2.24, 2.45) is 11.8 Å². The lowest BCUT2D eigenvalue weighted by Crippen LogP contribution is -2.34. The van der Waals surface area contributed by atoms with E-state index < -0.39 is 0 Å². The Kier molecular flexibility index (Phi) is 29.0. The monoisotopic (exact) mass is 1100 g/mol. The zero-order valence-corrected chi connectivity index (χ0v) is 51.5. The molecule has 0 bridgehead atoms. The van der Waals surface area contributed by atoms with E-state index in [0.29, 0.717) is 99.8 Å². The lowest BCUT2D eigenvalue weighted by atomic mass is 9.88. The molecule has 0 aromatic heterocycles. The minimum atomic E-state index is -0.233. The van der Waals surface area contributed by atoms with Crippen molar-refractivity contribution in [3.05, 3.63) is 115 Å². The molecule has 80 heavy (non-hydrogen) atoms.